The van der Waals surface area contributed by atoms with Crippen molar-refractivity contribution in [2.24, 2.45) is 5.92 Å². The van der Waals surface area contributed by atoms with Crippen molar-refractivity contribution in [3.05, 3.63) is 94.0 Å². The van der Waals surface area contributed by atoms with Crippen LogP contribution in [-0.2, 0) is 9.59 Å². The summed E-state index contributed by atoms with van der Waals surface area (Å²) in [5.41, 5.74) is 0.134. The van der Waals surface area contributed by atoms with E-state index in [1.54, 1.807) is 12.1 Å². The number of phenolic OH excluding ortho intramolecular Hbond substituents is 1. The summed E-state index contributed by atoms with van der Waals surface area (Å²) in [5, 5.41) is 21.0. The van der Waals surface area contributed by atoms with Crippen LogP contribution >= 0.6 is 11.6 Å². The summed E-state index contributed by atoms with van der Waals surface area (Å²) in [6.07, 6.45) is 0. The van der Waals surface area contributed by atoms with Gasteiger partial charge in [0.25, 0.3) is 11.7 Å². The lowest BCUT2D eigenvalue weighted by atomic mass is 9.95. The van der Waals surface area contributed by atoms with Crippen LogP contribution in [0.4, 0.5) is 14.5 Å². The highest BCUT2D eigenvalue weighted by atomic mass is 35.5. The highest BCUT2D eigenvalue weighted by Gasteiger charge is 2.47. The monoisotopic (exact) mass is 513 g/mol. The second-order valence-corrected chi connectivity index (χ2v) is 9.11. The number of nitrogens with zero attached hydrogens (tertiary/aromatic N) is 1. The van der Waals surface area contributed by atoms with Gasteiger partial charge in [-0.05, 0) is 60.0 Å². The summed E-state index contributed by atoms with van der Waals surface area (Å²) in [7, 11) is 0. The number of ketones is 1. The molecule has 36 heavy (non-hydrogen) atoms. The van der Waals surface area contributed by atoms with Crippen molar-refractivity contribution in [2.75, 3.05) is 11.5 Å². The van der Waals surface area contributed by atoms with Crippen molar-refractivity contribution < 1.29 is 33.3 Å². The summed E-state index contributed by atoms with van der Waals surface area (Å²) in [6, 6.07) is 11.9. The van der Waals surface area contributed by atoms with Gasteiger partial charge in [-0.1, -0.05) is 31.5 Å². The Morgan fingerprint density at radius 1 is 1.03 bits per heavy atom. The van der Waals surface area contributed by atoms with Gasteiger partial charge in [0.1, 0.15) is 17.3 Å². The molecule has 0 radical (unpaired) electrons. The SMILES string of the molecule is CC(C)COc1ccc(/C(O)=C2\C(=O)C(=O)N(c3ccc(F)c(F)c3)C2c2ccc(O)c(Cl)c2)cc1. The van der Waals surface area contributed by atoms with Crippen LogP contribution in [0, 0.1) is 17.6 Å². The number of hydrogen-bond donors (Lipinski definition) is 2. The third-order valence-corrected chi connectivity index (χ3v) is 5.93. The van der Waals surface area contributed by atoms with Crippen molar-refractivity contribution in [2.45, 2.75) is 19.9 Å². The average Bonchev–Trinajstić information content (AvgIpc) is 3.11. The number of ether oxygens (including phenoxy) is 1. The summed E-state index contributed by atoms with van der Waals surface area (Å²) < 4.78 is 33.3. The molecule has 1 aliphatic rings. The van der Waals surface area contributed by atoms with Crippen LogP contribution in [0.2, 0.25) is 5.02 Å². The molecular weight excluding hydrogens is 492 g/mol. The first-order valence-electron chi connectivity index (χ1n) is 11.1. The molecule has 186 valence electrons. The number of Topliss-reactive ketones (excluding diaryl/α,β-unsaturated/α-hetero) is 1. The van der Waals surface area contributed by atoms with Gasteiger partial charge in [-0.2, -0.15) is 0 Å². The predicted molar refractivity (Wildman–Crippen MR) is 131 cm³/mol. The third-order valence-electron chi connectivity index (χ3n) is 5.62. The average molecular weight is 514 g/mol. The van der Waals surface area contributed by atoms with Gasteiger partial charge in [0.15, 0.2) is 11.6 Å². The fourth-order valence-electron chi connectivity index (χ4n) is 3.87. The van der Waals surface area contributed by atoms with Gasteiger partial charge in [-0.15, -0.1) is 0 Å². The standard InChI is InChI=1S/C27H22ClF2NO5/c1-14(2)13-36-18-7-3-15(4-8-18)25(33)23-24(16-5-10-22(32)19(28)11-16)31(27(35)26(23)34)17-6-9-20(29)21(30)12-17/h3-12,14,24,32-33H,13H2,1-2H3/b25-23+. The van der Waals surface area contributed by atoms with Crippen LogP contribution in [0.25, 0.3) is 5.76 Å². The maximum absolute atomic E-state index is 14.0. The number of benzene rings is 3. The molecule has 6 nitrogen and oxygen atoms in total. The second kappa shape index (κ2) is 9.99. The molecule has 3 aromatic rings. The molecule has 0 aromatic heterocycles. The smallest absolute Gasteiger partial charge is 0.300 e. The lowest BCUT2D eigenvalue weighted by molar-refractivity contribution is -0.132. The minimum Gasteiger partial charge on any atom is -0.507 e. The molecule has 1 saturated heterocycles. The number of aliphatic hydroxyl groups excluding tert-OH is 1. The van der Waals surface area contributed by atoms with Gasteiger partial charge in [-0.25, -0.2) is 8.78 Å². The van der Waals surface area contributed by atoms with E-state index in [0.717, 1.165) is 23.1 Å². The van der Waals surface area contributed by atoms with Crippen molar-refractivity contribution >= 4 is 34.7 Å². The van der Waals surface area contributed by atoms with Crippen molar-refractivity contribution in [1.29, 1.82) is 0 Å². The predicted octanol–water partition coefficient (Wildman–Crippen LogP) is 5.98. The fraction of sp³-hybridized carbons (Fsp3) is 0.185. The van der Waals surface area contributed by atoms with Crippen LogP contribution in [0.1, 0.15) is 31.0 Å². The zero-order valence-corrected chi connectivity index (χ0v) is 20.1. The number of carbonyl (C=O) groups is 2. The molecule has 2 N–H and O–H groups in total. The molecule has 0 saturated carbocycles. The Morgan fingerprint density at radius 3 is 2.33 bits per heavy atom. The molecule has 0 bridgehead atoms. The lowest BCUT2D eigenvalue weighted by Crippen LogP contribution is -2.29. The first-order chi connectivity index (χ1) is 17.1. The minimum atomic E-state index is -1.23. The number of phenols is 1. The first kappa shape index (κ1) is 25.2. The Kier molecular flexibility index (Phi) is 6.99. The zero-order chi connectivity index (χ0) is 26.1. The number of aromatic hydroxyl groups is 1. The van der Waals surface area contributed by atoms with E-state index in [1.807, 2.05) is 13.8 Å². The molecule has 1 unspecified atom stereocenters. The fourth-order valence-corrected chi connectivity index (χ4v) is 4.06. The molecule has 1 atom stereocenters. The van der Waals surface area contributed by atoms with E-state index >= 15 is 0 Å². The van der Waals surface area contributed by atoms with Gasteiger partial charge < -0.3 is 14.9 Å². The normalized spacial score (nSPS) is 17.2. The number of carbonyl (C=O) groups excluding carboxylic acids is 2. The van der Waals surface area contributed by atoms with Gasteiger partial charge in [0.2, 0.25) is 0 Å². The Balaban J connectivity index is 1.85. The molecule has 3 aromatic carbocycles. The van der Waals surface area contributed by atoms with Crippen LogP contribution in [0.15, 0.2) is 66.2 Å². The van der Waals surface area contributed by atoms with Crippen molar-refractivity contribution in [3.63, 3.8) is 0 Å². The number of rotatable bonds is 6. The van der Waals surface area contributed by atoms with E-state index in [2.05, 4.69) is 0 Å². The summed E-state index contributed by atoms with van der Waals surface area (Å²) in [6.45, 7) is 4.50. The van der Waals surface area contributed by atoms with Crippen LogP contribution in [-0.4, -0.2) is 28.5 Å². The molecule has 1 amide bonds. The van der Waals surface area contributed by atoms with Crippen LogP contribution in [0.5, 0.6) is 11.5 Å². The minimum absolute atomic E-state index is 0.0602. The van der Waals surface area contributed by atoms with Gasteiger partial charge >= 0.3 is 0 Å². The van der Waals surface area contributed by atoms with E-state index in [4.69, 9.17) is 16.3 Å². The van der Waals surface area contributed by atoms with Crippen LogP contribution in [0.3, 0.4) is 0 Å². The maximum Gasteiger partial charge on any atom is 0.300 e. The van der Waals surface area contributed by atoms with Gasteiger partial charge in [0, 0.05) is 17.3 Å². The molecule has 9 heteroatoms. The molecule has 0 aliphatic carbocycles. The zero-order valence-electron chi connectivity index (χ0n) is 19.3. The molecule has 1 aliphatic heterocycles. The van der Waals surface area contributed by atoms with E-state index in [9.17, 15) is 28.6 Å². The molecule has 4 rings (SSSR count). The number of aliphatic hydroxyl groups is 1. The number of anilines is 1. The van der Waals surface area contributed by atoms with E-state index in [0.29, 0.717) is 18.3 Å². The largest absolute Gasteiger partial charge is 0.507 e. The second-order valence-electron chi connectivity index (χ2n) is 8.71. The lowest BCUT2D eigenvalue weighted by Gasteiger charge is -2.25. The number of hydrogen-bond acceptors (Lipinski definition) is 5. The van der Waals surface area contributed by atoms with E-state index in [-0.39, 0.29) is 33.2 Å². The molecule has 1 heterocycles. The number of halogens is 3. The summed E-state index contributed by atoms with van der Waals surface area (Å²) in [5.74, 6) is -4.24. The quantitative estimate of drug-likeness (QED) is 0.240. The van der Waals surface area contributed by atoms with E-state index < -0.39 is 35.1 Å². The van der Waals surface area contributed by atoms with Crippen molar-refractivity contribution in [1.82, 2.24) is 0 Å². The first-order valence-corrected chi connectivity index (χ1v) is 11.4. The topological polar surface area (TPSA) is 87.1 Å². The summed E-state index contributed by atoms with van der Waals surface area (Å²) >= 11 is 6.08. The highest BCUT2D eigenvalue weighted by molar-refractivity contribution is 6.51. The van der Waals surface area contributed by atoms with Gasteiger partial charge in [-0.3, -0.25) is 14.5 Å². The Labute approximate surface area is 211 Å². The Bertz CT molecular complexity index is 1370. The van der Waals surface area contributed by atoms with Crippen LogP contribution < -0.4 is 9.64 Å². The Hall–Kier alpha value is -3.91. The highest BCUT2D eigenvalue weighted by Crippen LogP contribution is 2.43. The maximum atomic E-state index is 14.0. The molecule has 0 spiro atoms. The van der Waals surface area contributed by atoms with Crippen molar-refractivity contribution in [3.8, 4) is 11.5 Å². The molecule has 1 fully saturated rings. The number of amides is 1. The Morgan fingerprint density at radius 2 is 1.72 bits per heavy atom. The van der Waals surface area contributed by atoms with Gasteiger partial charge in [0.05, 0.1) is 23.2 Å². The molecular formula is C27H22ClF2NO5. The third kappa shape index (κ3) is 4.77. The summed E-state index contributed by atoms with van der Waals surface area (Å²) in [4.78, 5) is 27.2. The van der Waals surface area contributed by atoms with E-state index in [1.165, 1.54) is 30.3 Å².